The molecule has 0 aliphatic rings. The molecule has 1 aromatic heterocycles. The van der Waals surface area contributed by atoms with Crippen molar-refractivity contribution >= 4 is 16.9 Å². The smallest absolute Gasteiger partial charge is 0.405 e. The Bertz CT molecular complexity index is 1300. The molecular weight excluding hydrogens is 480 g/mol. The summed E-state index contributed by atoms with van der Waals surface area (Å²) in [4.78, 5) is 26.1. The molecule has 2 aromatic carbocycles. The van der Waals surface area contributed by atoms with Crippen molar-refractivity contribution < 1.29 is 19.4 Å². The number of unbranched alkanes of at least 4 members (excludes halogenated alkanes) is 1. The predicted octanol–water partition coefficient (Wildman–Crippen LogP) is 7.16. The SMILES string of the molecule is CCCCOc1c(C(NC(=O)O)C(C)(C)C)n(CC(C)(C)C)c(=O)c2cc(OCc3ccccc3)ccc12. The third kappa shape index (κ3) is 7.30. The lowest BCUT2D eigenvalue weighted by atomic mass is 9.83. The summed E-state index contributed by atoms with van der Waals surface area (Å²) in [5, 5.41) is 13.6. The van der Waals surface area contributed by atoms with E-state index in [1.807, 2.05) is 63.2 Å². The molecule has 3 aromatic rings. The van der Waals surface area contributed by atoms with Crippen LogP contribution in [0.3, 0.4) is 0 Å². The average Bonchev–Trinajstić information content (AvgIpc) is 2.83. The first kappa shape index (κ1) is 29.1. The third-order valence-electron chi connectivity index (χ3n) is 6.27. The predicted molar refractivity (Wildman–Crippen MR) is 152 cm³/mol. The van der Waals surface area contributed by atoms with Gasteiger partial charge >= 0.3 is 6.09 Å². The van der Waals surface area contributed by atoms with Gasteiger partial charge in [-0.05, 0) is 41.0 Å². The minimum Gasteiger partial charge on any atom is -0.491 e. The first-order valence-corrected chi connectivity index (χ1v) is 13.3. The molecule has 0 spiro atoms. The molecule has 0 bridgehead atoms. The van der Waals surface area contributed by atoms with Gasteiger partial charge < -0.3 is 24.5 Å². The number of hydrogen-bond acceptors (Lipinski definition) is 4. The molecule has 0 radical (unpaired) electrons. The maximum Gasteiger partial charge on any atom is 0.405 e. The Morgan fingerprint density at radius 1 is 1.00 bits per heavy atom. The Labute approximate surface area is 225 Å². The lowest BCUT2D eigenvalue weighted by Crippen LogP contribution is -2.41. The van der Waals surface area contributed by atoms with Gasteiger partial charge in [0.05, 0.1) is 23.7 Å². The first-order chi connectivity index (χ1) is 17.8. The lowest BCUT2D eigenvalue weighted by Gasteiger charge is -2.35. The molecule has 7 heteroatoms. The topological polar surface area (TPSA) is 89.8 Å². The number of benzene rings is 2. The van der Waals surface area contributed by atoms with Crippen LogP contribution in [0.2, 0.25) is 0 Å². The highest BCUT2D eigenvalue weighted by Crippen LogP contribution is 2.41. The fourth-order valence-corrected chi connectivity index (χ4v) is 4.45. The van der Waals surface area contributed by atoms with Crippen molar-refractivity contribution in [2.24, 2.45) is 10.8 Å². The number of nitrogens with zero attached hydrogens (tertiary/aromatic N) is 1. The van der Waals surface area contributed by atoms with E-state index in [2.05, 4.69) is 33.0 Å². The van der Waals surface area contributed by atoms with E-state index in [0.29, 0.717) is 47.7 Å². The zero-order valence-corrected chi connectivity index (χ0v) is 23.8. The highest BCUT2D eigenvalue weighted by atomic mass is 16.5. The van der Waals surface area contributed by atoms with Gasteiger partial charge in [-0.1, -0.05) is 85.2 Å². The van der Waals surface area contributed by atoms with Crippen molar-refractivity contribution in [2.75, 3.05) is 6.61 Å². The number of nitrogens with one attached hydrogen (secondary N) is 1. The second kappa shape index (κ2) is 11.9. The highest BCUT2D eigenvalue weighted by Gasteiger charge is 2.35. The Kier molecular flexibility index (Phi) is 9.13. The Balaban J connectivity index is 2.28. The van der Waals surface area contributed by atoms with Crippen LogP contribution in [0.25, 0.3) is 10.8 Å². The van der Waals surface area contributed by atoms with Crippen molar-refractivity contribution in [3.05, 3.63) is 70.1 Å². The van der Waals surface area contributed by atoms with E-state index < -0.39 is 17.6 Å². The fraction of sp³-hybridized carbons (Fsp3) is 0.484. The number of rotatable bonds is 10. The standard InChI is InChI=1S/C31H42N2O5/c1-8-9-17-37-26-23-16-15-22(38-19-21-13-11-10-12-14-21)18-24(23)28(34)33(20-30(2,3)4)25(26)27(31(5,6)7)32-29(35)36/h10-16,18,27,32H,8-9,17,19-20H2,1-7H3,(H,35,36). The summed E-state index contributed by atoms with van der Waals surface area (Å²) in [5.74, 6) is 1.13. The Morgan fingerprint density at radius 3 is 2.26 bits per heavy atom. The zero-order chi connectivity index (χ0) is 28.1. The van der Waals surface area contributed by atoms with Crippen molar-refractivity contribution in [3.8, 4) is 11.5 Å². The van der Waals surface area contributed by atoms with Gasteiger partial charge in [-0.2, -0.15) is 0 Å². The van der Waals surface area contributed by atoms with Crippen LogP contribution in [-0.4, -0.2) is 22.4 Å². The lowest BCUT2D eigenvalue weighted by molar-refractivity contribution is 0.169. The molecule has 1 unspecified atom stereocenters. The Hall–Kier alpha value is -3.48. The molecule has 0 fully saturated rings. The number of amides is 1. The summed E-state index contributed by atoms with van der Waals surface area (Å²) in [6.07, 6.45) is 0.635. The molecule has 0 aliphatic carbocycles. The van der Waals surface area contributed by atoms with Gasteiger partial charge in [0.15, 0.2) is 0 Å². The quantitative estimate of drug-likeness (QED) is 0.276. The number of pyridine rings is 1. The maximum atomic E-state index is 14.1. The summed E-state index contributed by atoms with van der Waals surface area (Å²) < 4.78 is 14.1. The van der Waals surface area contributed by atoms with Gasteiger partial charge in [0, 0.05) is 11.9 Å². The van der Waals surface area contributed by atoms with E-state index in [1.54, 1.807) is 10.6 Å². The van der Waals surface area contributed by atoms with Crippen LogP contribution < -0.4 is 20.3 Å². The largest absolute Gasteiger partial charge is 0.491 e. The van der Waals surface area contributed by atoms with E-state index in [4.69, 9.17) is 9.47 Å². The minimum atomic E-state index is -1.15. The molecule has 38 heavy (non-hydrogen) atoms. The van der Waals surface area contributed by atoms with Gasteiger partial charge in [-0.3, -0.25) is 4.79 Å². The van der Waals surface area contributed by atoms with Crippen LogP contribution in [0.1, 0.15) is 78.6 Å². The Morgan fingerprint density at radius 2 is 1.68 bits per heavy atom. The zero-order valence-electron chi connectivity index (χ0n) is 23.8. The second-order valence-electron chi connectivity index (χ2n) is 12.1. The van der Waals surface area contributed by atoms with Gasteiger partial charge in [0.2, 0.25) is 0 Å². The molecule has 0 saturated carbocycles. The van der Waals surface area contributed by atoms with E-state index in [1.165, 1.54) is 0 Å². The van der Waals surface area contributed by atoms with E-state index in [0.717, 1.165) is 18.4 Å². The van der Waals surface area contributed by atoms with Crippen LogP contribution in [-0.2, 0) is 13.2 Å². The van der Waals surface area contributed by atoms with Crippen LogP contribution in [0.4, 0.5) is 4.79 Å². The minimum absolute atomic E-state index is 0.195. The molecule has 1 atom stereocenters. The number of hydrogen-bond donors (Lipinski definition) is 2. The van der Waals surface area contributed by atoms with Gasteiger partial charge in [-0.25, -0.2) is 4.79 Å². The van der Waals surface area contributed by atoms with Crippen molar-refractivity contribution in [3.63, 3.8) is 0 Å². The summed E-state index contributed by atoms with van der Waals surface area (Å²) in [7, 11) is 0. The highest BCUT2D eigenvalue weighted by molar-refractivity contribution is 5.90. The summed E-state index contributed by atoms with van der Waals surface area (Å²) >= 11 is 0. The maximum absolute atomic E-state index is 14.1. The molecule has 1 amide bonds. The van der Waals surface area contributed by atoms with Crippen LogP contribution in [0.15, 0.2) is 53.3 Å². The molecule has 2 N–H and O–H groups in total. The van der Waals surface area contributed by atoms with Crippen molar-refractivity contribution in [1.82, 2.24) is 9.88 Å². The molecule has 0 aliphatic heterocycles. The number of ether oxygens (including phenoxy) is 2. The van der Waals surface area contributed by atoms with Crippen molar-refractivity contribution in [2.45, 2.75) is 80.5 Å². The molecule has 0 saturated heterocycles. The number of aromatic nitrogens is 1. The van der Waals surface area contributed by atoms with E-state index in [-0.39, 0.29) is 11.0 Å². The molecule has 3 rings (SSSR count). The van der Waals surface area contributed by atoms with Gasteiger partial charge in [0.25, 0.3) is 5.56 Å². The average molecular weight is 523 g/mol. The first-order valence-electron chi connectivity index (χ1n) is 13.3. The molecule has 7 nitrogen and oxygen atoms in total. The van der Waals surface area contributed by atoms with Gasteiger partial charge in [-0.15, -0.1) is 0 Å². The van der Waals surface area contributed by atoms with Crippen LogP contribution in [0.5, 0.6) is 11.5 Å². The van der Waals surface area contributed by atoms with E-state index >= 15 is 0 Å². The number of fused-ring (bicyclic) bond motifs is 1. The summed E-state index contributed by atoms with van der Waals surface area (Å²) in [5.41, 5.74) is 0.616. The fourth-order valence-electron chi connectivity index (χ4n) is 4.45. The van der Waals surface area contributed by atoms with Crippen LogP contribution in [0, 0.1) is 10.8 Å². The summed E-state index contributed by atoms with van der Waals surface area (Å²) in [6, 6.07) is 14.6. The number of carboxylic acid groups (broad SMARTS) is 1. The van der Waals surface area contributed by atoms with Crippen molar-refractivity contribution in [1.29, 1.82) is 0 Å². The van der Waals surface area contributed by atoms with Gasteiger partial charge in [0.1, 0.15) is 18.1 Å². The van der Waals surface area contributed by atoms with E-state index in [9.17, 15) is 14.7 Å². The monoisotopic (exact) mass is 522 g/mol. The molecule has 206 valence electrons. The third-order valence-corrected chi connectivity index (χ3v) is 6.27. The normalized spacial score (nSPS) is 12.8. The summed E-state index contributed by atoms with van der Waals surface area (Å²) in [6.45, 7) is 15.4. The number of carbonyl (C=O) groups is 1. The molecular formula is C31H42N2O5. The molecule has 1 heterocycles. The second-order valence-corrected chi connectivity index (χ2v) is 12.1. The van der Waals surface area contributed by atoms with Crippen LogP contribution >= 0.6 is 0 Å².